The predicted molar refractivity (Wildman–Crippen MR) is 52.6 cm³/mol. The standard InChI is InChI=1S/C11H17NO/c1-8(13)10-5-3-4-9-6-7-11(10)12(9)2/h5,9,11H,3-4,6-7H2,1-2H3/t9?,11-/m1/s1. The summed E-state index contributed by atoms with van der Waals surface area (Å²) in [7, 11) is 2.16. The van der Waals surface area contributed by atoms with Crippen LogP contribution in [0, 0.1) is 0 Å². The van der Waals surface area contributed by atoms with E-state index < -0.39 is 0 Å². The lowest BCUT2D eigenvalue weighted by Crippen LogP contribution is -2.33. The number of ketones is 1. The average Bonchev–Trinajstić information content (AvgIpc) is 2.26. The molecular formula is C11H17NO. The van der Waals surface area contributed by atoms with Gasteiger partial charge in [-0.15, -0.1) is 0 Å². The Labute approximate surface area is 79.6 Å². The van der Waals surface area contributed by atoms with E-state index in [9.17, 15) is 4.79 Å². The van der Waals surface area contributed by atoms with Crippen LogP contribution in [-0.2, 0) is 4.79 Å². The molecule has 0 aromatic carbocycles. The summed E-state index contributed by atoms with van der Waals surface area (Å²) in [4.78, 5) is 13.8. The molecule has 0 aliphatic carbocycles. The van der Waals surface area contributed by atoms with Gasteiger partial charge < -0.3 is 0 Å². The maximum absolute atomic E-state index is 11.4. The molecule has 0 aromatic heterocycles. The predicted octanol–water partition coefficient (Wildman–Crippen LogP) is 1.76. The van der Waals surface area contributed by atoms with Crippen molar-refractivity contribution in [1.82, 2.24) is 4.90 Å². The molecule has 0 radical (unpaired) electrons. The molecule has 1 saturated heterocycles. The maximum Gasteiger partial charge on any atom is 0.157 e. The van der Waals surface area contributed by atoms with Crippen LogP contribution in [-0.4, -0.2) is 29.8 Å². The smallest absolute Gasteiger partial charge is 0.157 e. The van der Waals surface area contributed by atoms with E-state index >= 15 is 0 Å². The molecule has 13 heavy (non-hydrogen) atoms. The normalized spacial score (nSPS) is 34.2. The molecule has 0 saturated carbocycles. The third kappa shape index (κ3) is 1.44. The van der Waals surface area contributed by atoms with Gasteiger partial charge in [0.2, 0.25) is 0 Å². The van der Waals surface area contributed by atoms with E-state index in [0.717, 1.165) is 18.0 Å². The van der Waals surface area contributed by atoms with Gasteiger partial charge in [-0.3, -0.25) is 9.69 Å². The summed E-state index contributed by atoms with van der Waals surface area (Å²) in [6.45, 7) is 1.69. The first-order chi connectivity index (χ1) is 6.20. The third-order valence-electron chi connectivity index (χ3n) is 3.47. The Morgan fingerprint density at radius 1 is 1.46 bits per heavy atom. The fraction of sp³-hybridized carbons (Fsp3) is 0.727. The lowest BCUT2D eigenvalue weighted by atomic mass is 9.97. The highest BCUT2D eigenvalue weighted by molar-refractivity contribution is 5.94. The van der Waals surface area contributed by atoms with Crippen LogP contribution in [0.3, 0.4) is 0 Å². The van der Waals surface area contributed by atoms with E-state index in [2.05, 4.69) is 18.0 Å². The first kappa shape index (κ1) is 8.95. The first-order valence-corrected chi connectivity index (χ1v) is 5.13. The van der Waals surface area contributed by atoms with Gasteiger partial charge in [0.25, 0.3) is 0 Å². The largest absolute Gasteiger partial charge is 0.296 e. The zero-order valence-corrected chi connectivity index (χ0v) is 8.42. The van der Waals surface area contributed by atoms with E-state index in [1.54, 1.807) is 6.92 Å². The molecule has 2 rings (SSSR count). The third-order valence-corrected chi connectivity index (χ3v) is 3.47. The van der Waals surface area contributed by atoms with Crippen LogP contribution < -0.4 is 0 Å². The van der Waals surface area contributed by atoms with E-state index in [-0.39, 0.29) is 5.78 Å². The Morgan fingerprint density at radius 2 is 2.23 bits per heavy atom. The highest BCUT2D eigenvalue weighted by Gasteiger charge is 2.35. The van der Waals surface area contributed by atoms with Crippen molar-refractivity contribution in [1.29, 1.82) is 0 Å². The molecule has 72 valence electrons. The highest BCUT2D eigenvalue weighted by atomic mass is 16.1. The summed E-state index contributed by atoms with van der Waals surface area (Å²) in [5.41, 5.74) is 1.06. The van der Waals surface area contributed by atoms with E-state index in [1.165, 1.54) is 19.3 Å². The zero-order valence-electron chi connectivity index (χ0n) is 8.42. The quantitative estimate of drug-likeness (QED) is 0.611. The SMILES string of the molecule is CC(=O)C1=CCCC2CC[C@H]1N2C. The minimum atomic E-state index is 0.263. The Balaban J connectivity index is 2.27. The lowest BCUT2D eigenvalue weighted by Gasteiger charge is -2.23. The van der Waals surface area contributed by atoms with Crippen LogP contribution in [0.5, 0.6) is 0 Å². The Bertz CT molecular complexity index is 257. The molecule has 0 amide bonds. The Kier molecular flexibility index (Phi) is 2.24. The number of likely N-dealkylation sites (N-methyl/N-ethyl adjacent to an activating group) is 1. The molecule has 1 unspecified atom stereocenters. The van der Waals surface area contributed by atoms with Crippen LogP contribution in [0.2, 0.25) is 0 Å². The van der Waals surface area contributed by atoms with Gasteiger partial charge in [0.1, 0.15) is 0 Å². The van der Waals surface area contributed by atoms with E-state index in [4.69, 9.17) is 0 Å². The second-order valence-electron chi connectivity index (χ2n) is 4.21. The average molecular weight is 179 g/mol. The van der Waals surface area contributed by atoms with Crippen LogP contribution in [0.25, 0.3) is 0 Å². The number of hydrogen-bond donors (Lipinski definition) is 0. The van der Waals surface area contributed by atoms with Gasteiger partial charge in [0.05, 0.1) is 0 Å². The number of carbonyl (C=O) groups is 1. The number of allylic oxidation sites excluding steroid dienone is 1. The summed E-state index contributed by atoms with van der Waals surface area (Å²) in [6.07, 6.45) is 6.91. The van der Waals surface area contributed by atoms with Crippen molar-refractivity contribution in [3.05, 3.63) is 11.6 Å². The molecular weight excluding hydrogens is 162 g/mol. The van der Waals surface area contributed by atoms with Crippen molar-refractivity contribution in [3.8, 4) is 0 Å². The fourth-order valence-electron chi connectivity index (χ4n) is 2.68. The molecule has 2 aliphatic rings. The summed E-state index contributed by atoms with van der Waals surface area (Å²) in [5, 5.41) is 0. The monoisotopic (exact) mass is 179 g/mol. The van der Waals surface area contributed by atoms with Gasteiger partial charge in [0, 0.05) is 17.7 Å². The van der Waals surface area contributed by atoms with Crippen LogP contribution in [0.4, 0.5) is 0 Å². The second-order valence-corrected chi connectivity index (χ2v) is 4.21. The Hall–Kier alpha value is -0.630. The highest BCUT2D eigenvalue weighted by Crippen LogP contribution is 2.33. The van der Waals surface area contributed by atoms with Gasteiger partial charge in [-0.05, 0) is 39.7 Å². The van der Waals surface area contributed by atoms with Crippen molar-refractivity contribution in [2.45, 2.75) is 44.7 Å². The molecule has 2 atom stereocenters. The summed E-state index contributed by atoms with van der Waals surface area (Å²) in [5.74, 6) is 0.263. The number of hydrogen-bond acceptors (Lipinski definition) is 2. The van der Waals surface area contributed by atoms with Gasteiger partial charge in [-0.25, -0.2) is 0 Å². The van der Waals surface area contributed by atoms with Crippen molar-refractivity contribution < 1.29 is 4.79 Å². The zero-order chi connectivity index (χ0) is 9.42. The first-order valence-electron chi connectivity index (χ1n) is 5.13. The summed E-state index contributed by atoms with van der Waals surface area (Å²) >= 11 is 0. The molecule has 2 heterocycles. The van der Waals surface area contributed by atoms with Gasteiger partial charge in [0.15, 0.2) is 5.78 Å². The molecule has 1 fully saturated rings. The van der Waals surface area contributed by atoms with Crippen molar-refractivity contribution in [2.24, 2.45) is 0 Å². The van der Waals surface area contributed by atoms with Gasteiger partial charge in [-0.2, -0.15) is 0 Å². The number of rotatable bonds is 1. The van der Waals surface area contributed by atoms with Crippen molar-refractivity contribution >= 4 is 5.78 Å². The topological polar surface area (TPSA) is 20.3 Å². The van der Waals surface area contributed by atoms with Crippen LogP contribution in [0.15, 0.2) is 11.6 Å². The minimum Gasteiger partial charge on any atom is -0.296 e. The number of nitrogens with zero attached hydrogens (tertiary/aromatic N) is 1. The van der Waals surface area contributed by atoms with E-state index in [1.807, 2.05) is 0 Å². The van der Waals surface area contributed by atoms with Gasteiger partial charge in [-0.1, -0.05) is 6.08 Å². The maximum atomic E-state index is 11.4. The minimum absolute atomic E-state index is 0.263. The molecule has 2 nitrogen and oxygen atoms in total. The van der Waals surface area contributed by atoms with Crippen LogP contribution in [0.1, 0.15) is 32.6 Å². The summed E-state index contributed by atoms with van der Waals surface area (Å²) < 4.78 is 0. The molecule has 2 heteroatoms. The summed E-state index contributed by atoms with van der Waals surface area (Å²) in [6, 6.07) is 1.14. The molecule has 0 spiro atoms. The molecule has 2 bridgehead atoms. The molecule has 0 aromatic rings. The number of fused-ring (bicyclic) bond motifs is 2. The lowest BCUT2D eigenvalue weighted by molar-refractivity contribution is -0.114. The van der Waals surface area contributed by atoms with Crippen molar-refractivity contribution in [2.75, 3.05) is 7.05 Å². The number of Topliss-reactive ketones (excluding diaryl/α,β-unsaturated/α-hetero) is 1. The fourth-order valence-corrected chi connectivity index (χ4v) is 2.68. The Morgan fingerprint density at radius 3 is 2.92 bits per heavy atom. The van der Waals surface area contributed by atoms with E-state index in [0.29, 0.717) is 6.04 Å². The molecule has 0 N–H and O–H groups in total. The van der Waals surface area contributed by atoms with Gasteiger partial charge >= 0.3 is 0 Å². The van der Waals surface area contributed by atoms with Crippen LogP contribution >= 0.6 is 0 Å². The second kappa shape index (κ2) is 3.26. The van der Waals surface area contributed by atoms with Crippen molar-refractivity contribution in [3.63, 3.8) is 0 Å². The number of carbonyl (C=O) groups excluding carboxylic acids is 1. The molecule has 2 aliphatic heterocycles.